The van der Waals surface area contributed by atoms with E-state index in [1.807, 2.05) is 0 Å². The Morgan fingerprint density at radius 2 is 1.60 bits per heavy atom. The molecule has 4 heteroatoms. The van der Waals surface area contributed by atoms with Crippen LogP contribution in [-0.2, 0) is 17.4 Å². The number of thiocyanates is 1. The van der Waals surface area contributed by atoms with Crippen LogP contribution < -0.4 is 6.15 Å². The van der Waals surface area contributed by atoms with Gasteiger partial charge in [0.2, 0.25) is 0 Å². The zero-order valence-electron chi connectivity index (χ0n) is 2.51. The van der Waals surface area contributed by atoms with E-state index in [-0.39, 0.29) is 23.5 Å². The first-order chi connectivity index (χ1) is 1.41. The van der Waals surface area contributed by atoms with Crippen molar-refractivity contribution in [3.63, 3.8) is 0 Å². The maximum absolute atomic E-state index is 7.18. The summed E-state index contributed by atoms with van der Waals surface area (Å²) in [4.78, 5) is 0. The Hall–Kier alpha value is 0.332. The van der Waals surface area contributed by atoms with Crippen LogP contribution in [0.4, 0.5) is 0 Å². The van der Waals surface area contributed by atoms with Crippen molar-refractivity contribution < 1.29 is 17.4 Å². The van der Waals surface area contributed by atoms with Gasteiger partial charge in [-0.05, 0) is 0 Å². The van der Waals surface area contributed by atoms with E-state index in [1.165, 1.54) is 5.40 Å². The van der Waals surface area contributed by atoms with Crippen molar-refractivity contribution in [3.05, 3.63) is 0 Å². The van der Waals surface area contributed by atoms with Gasteiger partial charge in [-0.15, -0.1) is 0 Å². The molecule has 2 nitrogen and oxygen atoms in total. The maximum atomic E-state index is 7.18. The average molecular weight is 128 g/mol. The first kappa shape index (κ1) is 18.4. The Morgan fingerprint density at radius 3 is 1.60 bits per heavy atom. The van der Waals surface area contributed by atoms with Gasteiger partial charge >= 0.3 is 0 Å². The molecule has 0 amide bonds. The van der Waals surface area contributed by atoms with Gasteiger partial charge in [-0.1, -0.05) is 12.6 Å². The van der Waals surface area contributed by atoms with Gasteiger partial charge in [0.15, 0.2) is 0 Å². The minimum Gasteiger partial charge on any atom is -0.344 e. The molecule has 5 heavy (non-hydrogen) atoms. The van der Waals surface area contributed by atoms with Crippen LogP contribution in [0.1, 0.15) is 0 Å². The summed E-state index contributed by atoms with van der Waals surface area (Å²) in [6, 6.07) is 0. The quantitative estimate of drug-likeness (QED) is 0.370. The third kappa shape index (κ3) is 213. The number of hydrogen-bond donors (Lipinski definition) is 2. The van der Waals surface area contributed by atoms with Crippen molar-refractivity contribution in [2.45, 2.75) is 0 Å². The van der Waals surface area contributed by atoms with Crippen molar-refractivity contribution in [3.8, 4) is 5.40 Å². The first-order valence-corrected chi connectivity index (χ1v) is 0.894. The van der Waals surface area contributed by atoms with Gasteiger partial charge in [-0.2, -0.15) is 5.26 Å². The van der Waals surface area contributed by atoms with Crippen molar-refractivity contribution in [1.82, 2.24) is 6.15 Å². The molecule has 0 saturated heterocycles. The fourth-order valence-corrected chi connectivity index (χ4v) is 0. The van der Waals surface area contributed by atoms with Crippen molar-refractivity contribution in [1.29, 1.82) is 5.26 Å². The van der Waals surface area contributed by atoms with E-state index in [9.17, 15) is 0 Å². The Labute approximate surface area is 47.3 Å². The Kier molecular flexibility index (Phi) is 99.7. The number of thiol groups is 1. The van der Waals surface area contributed by atoms with Gasteiger partial charge in [-0.25, -0.2) is 0 Å². The summed E-state index contributed by atoms with van der Waals surface area (Å²) in [7, 11) is 0. The molecule has 0 aliphatic heterocycles. The summed E-state index contributed by atoms with van der Waals surface area (Å²) in [6.07, 6.45) is 0. The summed E-state index contributed by atoms with van der Waals surface area (Å²) >= 11 is 3.09. The summed E-state index contributed by atoms with van der Waals surface area (Å²) in [5.41, 5.74) is 0. The molecule has 0 atom stereocenters. The minimum absolute atomic E-state index is 0. The molecule has 30 valence electrons. The Bertz CT molecular complexity index is 31.1. The van der Waals surface area contributed by atoms with E-state index in [0.29, 0.717) is 0 Å². The van der Waals surface area contributed by atoms with E-state index < -0.39 is 0 Å². The molecular formula is CH4CrN2S. The summed E-state index contributed by atoms with van der Waals surface area (Å²) < 4.78 is 0. The molecule has 0 aromatic rings. The van der Waals surface area contributed by atoms with E-state index >= 15 is 0 Å². The van der Waals surface area contributed by atoms with Gasteiger partial charge in [-0.3, -0.25) is 0 Å². The molecule has 0 fully saturated rings. The molecule has 0 aromatic heterocycles. The van der Waals surface area contributed by atoms with Crippen LogP contribution >= 0.6 is 12.6 Å². The minimum atomic E-state index is 0. The van der Waals surface area contributed by atoms with Crippen LogP contribution in [-0.4, -0.2) is 0 Å². The molecule has 0 aromatic carbocycles. The topological polar surface area (TPSA) is 58.8 Å². The number of hydrogen-bond acceptors (Lipinski definition) is 3. The molecule has 0 bridgehead atoms. The molecule has 0 radical (unpaired) electrons. The van der Waals surface area contributed by atoms with Crippen LogP contribution in [0.25, 0.3) is 0 Å². The normalized spacial score (nSPS) is 1.60. The number of nitrogens with zero attached hydrogens (tertiary/aromatic N) is 1. The van der Waals surface area contributed by atoms with Crippen molar-refractivity contribution in [2.75, 3.05) is 0 Å². The first-order valence-electron chi connectivity index (χ1n) is 0.447. The van der Waals surface area contributed by atoms with Gasteiger partial charge < -0.3 is 6.15 Å². The third-order valence-electron chi connectivity index (χ3n) is 0. The van der Waals surface area contributed by atoms with Crippen LogP contribution in [0, 0.1) is 10.7 Å². The Balaban J connectivity index is -0.0000000200. The second-order valence-corrected chi connectivity index (χ2v) is 0.300. The van der Waals surface area contributed by atoms with E-state index in [1.54, 1.807) is 0 Å². The maximum Gasteiger partial charge on any atom is 0.130 e. The third-order valence-corrected chi connectivity index (χ3v) is 0. The molecule has 3 N–H and O–H groups in total. The second-order valence-electron chi connectivity index (χ2n) is 0.100. The molecule has 0 unspecified atom stereocenters. The van der Waals surface area contributed by atoms with E-state index in [4.69, 9.17) is 5.26 Å². The fraction of sp³-hybridized carbons (Fsp3) is 0. The summed E-state index contributed by atoms with van der Waals surface area (Å²) in [5.74, 6) is 0. The second kappa shape index (κ2) is 27.1. The molecule has 0 aliphatic carbocycles. The summed E-state index contributed by atoms with van der Waals surface area (Å²) in [5, 5.41) is 8.63. The predicted molar refractivity (Wildman–Crippen MR) is 19.6 cm³/mol. The van der Waals surface area contributed by atoms with Crippen LogP contribution in [0.15, 0.2) is 0 Å². The zero-order chi connectivity index (χ0) is 2.71. The molecule has 0 rings (SSSR count). The van der Waals surface area contributed by atoms with E-state index in [2.05, 4.69) is 12.6 Å². The largest absolute Gasteiger partial charge is 0.344 e. The molecule has 0 saturated carbocycles. The number of rotatable bonds is 0. The predicted octanol–water partition coefficient (Wildman–Crippen LogP) is 0.557. The molecule has 0 heterocycles. The van der Waals surface area contributed by atoms with Crippen LogP contribution in [0.2, 0.25) is 0 Å². The molecule has 0 spiro atoms. The van der Waals surface area contributed by atoms with Crippen molar-refractivity contribution in [2.24, 2.45) is 0 Å². The zero-order valence-corrected chi connectivity index (χ0v) is 4.68. The van der Waals surface area contributed by atoms with Crippen LogP contribution in [0.3, 0.4) is 0 Å². The Morgan fingerprint density at radius 1 is 1.60 bits per heavy atom. The molecular weight excluding hydrogens is 124 g/mol. The van der Waals surface area contributed by atoms with Crippen molar-refractivity contribution >= 4 is 12.6 Å². The van der Waals surface area contributed by atoms with Gasteiger partial charge in [0.25, 0.3) is 0 Å². The van der Waals surface area contributed by atoms with Gasteiger partial charge in [0.05, 0.1) is 0 Å². The number of nitriles is 1. The fourth-order valence-electron chi connectivity index (χ4n) is 0. The molecule has 0 aliphatic rings. The van der Waals surface area contributed by atoms with Gasteiger partial charge in [0.1, 0.15) is 5.40 Å². The van der Waals surface area contributed by atoms with Crippen LogP contribution in [0.5, 0.6) is 0 Å². The standard InChI is InChI=1S/CHNS.Cr.H3N/c2-1-3;;/h3H;;1H3. The SMILES string of the molecule is N.N#CS.[Cr]. The smallest absolute Gasteiger partial charge is 0.130 e. The summed E-state index contributed by atoms with van der Waals surface area (Å²) in [6.45, 7) is 0. The average Bonchev–Trinajstić information content (AvgIpc) is 0.918. The van der Waals surface area contributed by atoms with E-state index in [0.717, 1.165) is 0 Å². The monoisotopic (exact) mass is 128 g/mol. The van der Waals surface area contributed by atoms with Gasteiger partial charge in [0, 0.05) is 17.4 Å².